The molecule has 1 heteroatoms. The first-order chi connectivity index (χ1) is 8.58. The van der Waals surface area contributed by atoms with Gasteiger partial charge in [0.15, 0.2) is 0 Å². The van der Waals surface area contributed by atoms with Gasteiger partial charge in [-0.05, 0) is 37.3 Å². The maximum Gasteiger partial charge on any atom is 0.0109 e. The molecule has 1 aromatic carbocycles. The fraction of sp³-hybridized carbons (Fsp3) is 0.647. The third-order valence-corrected chi connectivity index (χ3v) is 4.34. The molecule has 2 atom stereocenters. The van der Waals surface area contributed by atoms with Gasteiger partial charge in [0, 0.05) is 12.0 Å². The summed E-state index contributed by atoms with van der Waals surface area (Å²) >= 11 is 0. The van der Waals surface area contributed by atoms with Crippen LogP contribution in [0.3, 0.4) is 0 Å². The van der Waals surface area contributed by atoms with Crippen molar-refractivity contribution in [3.8, 4) is 0 Å². The predicted octanol–water partition coefficient (Wildman–Crippen LogP) is 3.91. The number of nitrogens with one attached hydrogen (secondary N) is 1. The monoisotopic (exact) mass is 245 g/mol. The van der Waals surface area contributed by atoms with Crippen LogP contribution < -0.4 is 5.32 Å². The van der Waals surface area contributed by atoms with Crippen LogP contribution in [0.4, 0.5) is 0 Å². The molecular weight excluding hydrogens is 218 g/mol. The van der Waals surface area contributed by atoms with E-state index in [-0.39, 0.29) is 0 Å². The molecule has 2 rings (SSSR count). The van der Waals surface area contributed by atoms with E-state index in [2.05, 4.69) is 57.3 Å². The number of hydrogen-bond donors (Lipinski definition) is 1. The number of aryl methyl sites for hydroxylation is 1. The summed E-state index contributed by atoms with van der Waals surface area (Å²) in [5.74, 6) is 1.61. The molecule has 0 bridgehead atoms. The van der Waals surface area contributed by atoms with Crippen LogP contribution in [0.5, 0.6) is 0 Å². The minimum Gasteiger partial charge on any atom is -0.316 e. The van der Waals surface area contributed by atoms with Gasteiger partial charge in [0.25, 0.3) is 0 Å². The zero-order valence-electron chi connectivity index (χ0n) is 12.3. The number of hydrogen-bond acceptors (Lipinski definition) is 1. The van der Waals surface area contributed by atoms with Gasteiger partial charge in [-0.2, -0.15) is 0 Å². The molecule has 0 spiro atoms. The molecule has 0 heterocycles. The molecule has 1 nitrogen and oxygen atoms in total. The van der Waals surface area contributed by atoms with Gasteiger partial charge in [0.1, 0.15) is 0 Å². The molecule has 1 aliphatic rings. The third kappa shape index (κ3) is 2.77. The zero-order chi connectivity index (χ0) is 13.2. The SMILES string of the molecule is CCC1CC1(CNCC(C)C)c1ccc(C)cc1. The highest BCUT2D eigenvalue weighted by atomic mass is 14.9. The summed E-state index contributed by atoms with van der Waals surface area (Å²) < 4.78 is 0. The second kappa shape index (κ2) is 5.44. The zero-order valence-corrected chi connectivity index (χ0v) is 12.3. The van der Waals surface area contributed by atoms with Crippen LogP contribution in [0.2, 0.25) is 0 Å². The molecule has 1 aliphatic carbocycles. The van der Waals surface area contributed by atoms with Gasteiger partial charge in [-0.25, -0.2) is 0 Å². The van der Waals surface area contributed by atoms with E-state index in [1.54, 1.807) is 0 Å². The topological polar surface area (TPSA) is 12.0 Å². The summed E-state index contributed by atoms with van der Waals surface area (Å²) in [6.07, 6.45) is 2.66. The molecule has 1 fully saturated rings. The average Bonchev–Trinajstić information content (AvgIpc) is 3.04. The van der Waals surface area contributed by atoms with E-state index in [9.17, 15) is 0 Å². The summed E-state index contributed by atoms with van der Waals surface area (Å²) in [5.41, 5.74) is 3.33. The standard InChI is InChI=1S/C17H27N/c1-5-15-10-17(15,12-18-11-13(2)3)16-8-6-14(4)7-9-16/h6-9,13,15,18H,5,10-12H2,1-4H3. The van der Waals surface area contributed by atoms with Crippen molar-refractivity contribution < 1.29 is 0 Å². The van der Waals surface area contributed by atoms with Crippen LogP contribution in [0.25, 0.3) is 0 Å². The molecule has 0 radical (unpaired) electrons. The minimum absolute atomic E-state index is 0.428. The van der Waals surface area contributed by atoms with E-state index in [1.165, 1.54) is 24.0 Å². The first kappa shape index (κ1) is 13.6. The highest BCUT2D eigenvalue weighted by molar-refractivity contribution is 5.36. The molecule has 18 heavy (non-hydrogen) atoms. The van der Waals surface area contributed by atoms with Crippen LogP contribution in [-0.2, 0) is 5.41 Å². The summed E-state index contributed by atoms with van der Waals surface area (Å²) in [6.45, 7) is 11.3. The fourth-order valence-electron chi connectivity index (χ4n) is 3.06. The van der Waals surface area contributed by atoms with Crippen molar-refractivity contribution in [1.29, 1.82) is 0 Å². The predicted molar refractivity (Wildman–Crippen MR) is 79.0 cm³/mol. The molecule has 0 saturated heterocycles. The lowest BCUT2D eigenvalue weighted by Crippen LogP contribution is -2.31. The smallest absolute Gasteiger partial charge is 0.0109 e. The Bertz CT molecular complexity index is 379. The lowest BCUT2D eigenvalue weighted by atomic mass is 9.91. The number of rotatable bonds is 6. The Kier molecular flexibility index (Phi) is 4.11. The Balaban J connectivity index is 2.06. The van der Waals surface area contributed by atoms with Crippen molar-refractivity contribution >= 4 is 0 Å². The third-order valence-electron chi connectivity index (χ3n) is 4.34. The van der Waals surface area contributed by atoms with Crippen LogP contribution in [0.15, 0.2) is 24.3 Å². The van der Waals surface area contributed by atoms with Gasteiger partial charge < -0.3 is 5.32 Å². The van der Waals surface area contributed by atoms with Crippen LogP contribution >= 0.6 is 0 Å². The second-order valence-electron chi connectivity index (χ2n) is 6.36. The van der Waals surface area contributed by atoms with Crippen LogP contribution in [0, 0.1) is 18.8 Å². The Morgan fingerprint density at radius 2 is 1.94 bits per heavy atom. The van der Waals surface area contributed by atoms with Crippen molar-refractivity contribution in [2.24, 2.45) is 11.8 Å². The first-order valence-electron chi connectivity index (χ1n) is 7.36. The fourth-order valence-corrected chi connectivity index (χ4v) is 3.06. The van der Waals surface area contributed by atoms with E-state index in [1.807, 2.05) is 0 Å². The van der Waals surface area contributed by atoms with Gasteiger partial charge in [0.2, 0.25) is 0 Å². The average molecular weight is 245 g/mol. The maximum absolute atomic E-state index is 3.67. The Morgan fingerprint density at radius 3 is 2.44 bits per heavy atom. The van der Waals surface area contributed by atoms with E-state index in [0.29, 0.717) is 5.41 Å². The van der Waals surface area contributed by atoms with Gasteiger partial charge >= 0.3 is 0 Å². The van der Waals surface area contributed by atoms with Gasteiger partial charge in [-0.15, -0.1) is 0 Å². The minimum atomic E-state index is 0.428. The van der Waals surface area contributed by atoms with Gasteiger partial charge in [-0.1, -0.05) is 57.0 Å². The van der Waals surface area contributed by atoms with Crippen molar-refractivity contribution in [2.45, 2.75) is 46.0 Å². The van der Waals surface area contributed by atoms with Crippen molar-refractivity contribution in [3.63, 3.8) is 0 Å². The van der Waals surface area contributed by atoms with E-state index < -0.39 is 0 Å². The van der Waals surface area contributed by atoms with Crippen LogP contribution in [-0.4, -0.2) is 13.1 Å². The molecular formula is C17H27N. The first-order valence-corrected chi connectivity index (χ1v) is 7.36. The lowest BCUT2D eigenvalue weighted by molar-refractivity contribution is 0.483. The quantitative estimate of drug-likeness (QED) is 0.801. The Hall–Kier alpha value is -0.820. The summed E-state index contributed by atoms with van der Waals surface area (Å²) in [4.78, 5) is 0. The molecule has 2 unspecified atom stereocenters. The van der Waals surface area contributed by atoms with E-state index >= 15 is 0 Å². The molecule has 0 amide bonds. The summed E-state index contributed by atoms with van der Waals surface area (Å²) in [6, 6.07) is 9.18. The van der Waals surface area contributed by atoms with Gasteiger partial charge in [-0.3, -0.25) is 0 Å². The molecule has 0 aromatic heterocycles. The highest BCUT2D eigenvalue weighted by Crippen LogP contribution is 2.55. The molecule has 0 aliphatic heterocycles. The Morgan fingerprint density at radius 1 is 1.28 bits per heavy atom. The van der Waals surface area contributed by atoms with Crippen molar-refractivity contribution in [3.05, 3.63) is 35.4 Å². The molecule has 1 N–H and O–H groups in total. The van der Waals surface area contributed by atoms with E-state index in [0.717, 1.165) is 24.9 Å². The highest BCUT2D eigenvalue weighted by Gasteiger charge is 2.53. The largest absolute Gasteiger partial charge is 0.316 e. The van der Waals surface area contributed by atoms with Crippen molar-refractivity contribution in [1.82, 2.24) is 5.32 Å². The molecule has 1 saturated carbocycles. The molecule has 100 valence electrons. The maximum atomic E-state index is 3.67. The second-order valence-corrected chi connectivity index (χ2v) is 6.36. The van der Waals surface area contributed by atoms with Crippen molar-refractivity contribution in [2.75, 3.05) is 13.1 Å². The Labute approximate surface area is 112 Å². The summed E-state index contributed by atoms with van der Waals surface area (Å²) in [5, 5.41) is 3.67. The van der Waals surface area contributed by atoms with Gasteiger partial charge in [0.05, 0.1) is 0 Å². The lowest BCUT2D eigenvalue weighted by Gasteiger charge is -2.20. The normalized spacial score (nSPS) is 26.6. The number of benzene rings is 1. The van der Waals surface area contributed by atoms with Crippen LogP contribution in [0.1, 0.15) is 44.7 Å². The summed E-state index contributed by atoms with van der Waals surface area (Å²) in [7, 11) is 0. The molecule has 1 aromatic rings. The van der Waals surface area contributed by atoms with E-state index in [4.69, 9.17) is 0 Å².